The first kappa shape index (κ1) is 23.9. The maximum Gasteiger partial charge on any atom is 0.573 e. The number of methoxy groups -OCH3 is 1. The molecule has 5 rings (SSSR count). The van der Waals surface area contributed by atoms with Gasteiger partial charge in [-0.05, 0) is 42.8 Å². The van der Waals surface area contributed by atoms with E-state index in [9.17, 15) is 28.5 Å². The van der Waals surface area contributed by atoms with Gasteiger partial charge in [0.15, 0.2) is 0 Å². The molecule has 1 atom stereocenters. The second kappa shape index (κ2) is 8.99. The molecule has 37 heavy (non-hydrogen) atoms. The monoisotopic (exact) mass is 507 g/mol. The molecule has 3 heterocycles. The molecule has 0 spiro atoms. The number of rotatable bonds is 5. The first-order valence-corrected chi connectivity index (χ1v) is 11.0. The molecule has 0 radical (unpaired) electrons. The van der Waals surface area contributed by atoms with Crippen LogP contribution < -0.4 is 4.74 Å². The van der Waals surface area contributed by atoms with Crippen molar-refractivity contribution >= 4 is 16.9 Å². The third-order valence-corrected chi connectivity index (χ3v) is 6.14. The molecule has 1 aliphatic rings. The number of hydrogen-bond acceptors (Lipinski definition) is 8. The Morgan fingerprint density at radius 3 is 2.70 bits per heavy atom. The van der Waals surface area contributed by atoms with Crippen LogP contribution in [0, 0.1) is 22.7 Å². The maximum atomic E-state index is 12.7. The highest BCUT2D eigenvalue weighted by atomic mass is 19.4. The van der Waals surface area contributed by atoms with E-state index in [4.69, 9.17) is 9.26 Å². The molecular formula is C25H16F3N5O4. The number of carbonyl (C=O) groups excluding carboxylic acids is 1. The zero-order chi connectivity index (χ0) is 26.3. The van der Waals surface area contributed by atoms with Gasteiger partial charge in [0.1, 0.15) is 11.8 Å². The van der Waals surface area contributed by atoms with Crippen molar-refractivity contribution in [2.45, 2.75) is 31.7 Å². The van der Waals surface area contributed by atoms with E-state index in [0.29, 0.717) is 29.5 Å². The van der Waals surface area contributed by atoms with Crippen LogP contribution in [0.15, 0.2) is 40.9 Å². The molecule has 1 unspecified atom stereocenters. The van der Waals surface area contributed by atoms with E-state index in [0.717, 1.165) is 23.3 Å². The molecule has 9 nitrogen and oxygen atoms in total. The molecule has 0 saturated carbocycles. The summed E-state index contributed by atoms with van der Waals surface area (Å²) in [5.41, 5.74) is 2.55. The van der Waals surface area contributed by atoms with Gasteiger partial charge in [0.05, 0.1) is 30.7 Å². The largest absolute Gasteiger partial charge is 0.573 e. The summed E-state index contributed by atoms with van der Waals surface area (Å²) in [4.78, 5) is 16.1. The molecule has 2 aromatic carbocycles. The molecule has 0 fully saturated rings. The van der Waals surface area contributed by atoms with Gasteiger partial charge in [-0.15, -0.1) is 13.2 Å². The van der Waals surface area contributed by atoms with Crippen molar-refractivity contribution < 1.29 is 32.0 Å². The number of fused-ring (bicyclic) bond motifs is 3. The molecule has 0 bridgehead atoms. The Balaban J connectivity index is 1.52. The average Bonchev–Trinajstić information content (AvgIpc) is 3.58. The minimum Gasteiger partial charge on any atom is -0.469 e. The molecule has 4 aromatic rings. The Morgan fingerprint density at radius 1 is 1.19 bits per heavy atom. The first-order valence-electron chi connectivity index (χ1n) is 11.0. The number of carbonyl (C=O) groups is 1. The van der Waals surface area contributed by atoms with Crippen molar-refractivity contribution in [1.29, 1.82) is 10.5 Å². The normalized spacial score (nSPS) is 14.7. The summed E-state index contributed by atoms with van der Waals surface area (Å²) in [6.07, 6.45) is -4.05. The Hall–Kier alpha value is -4.84. The van der Waals surface area contributed by atoms with Crippen LogP contribution in [0.1, 0.15) is 35.6 Å². The summed E-state index contributed by atoms with van der Waals surface area (Å²) in [6.45, 7) is 0.651. The molecule has 2 aromatic heterocycles. The summed E-state index contributed by atoms with van der Waals surface area (Å²) in [5.74, 6) is -1.06. The van der Waals surface area contributed by atoms with Gasteiger partial charge in [-0.25, -0.2) is 0 Å². The molecular weight excluding hydrogens is 491 g/mol. The van der Waals surface area contributed by atoms with Crippen LogP contribution in [0.5, 0.6) is 5.75 Å². The summed E-state index contributed by atoms with van der Waals surface area (Å²) in [5, 5.41) is 23.7. The molecule has 1 aliphatic heterocycles. The van der Waals surface area contributed by atoms with E-state index in [2.05, 4.69) is 20.9 Å². The number of nitriles is 2. The van der Waals surface area contributed by atoms with Gasteiger partial charge in [-0.2, -0.15) is 15.5 Å². The minimum absolute atomic E-state index is 0.0735. The fourth-order valence-corrected chi connectivity index (χ4v) is 4.64. The summed E-state index contributed by atoms with van der Waals surface area (Å²) in [6, 6.07) is 12.6. The van der Waals surface area contributed by atoms with E-state index in [1.165, 1.54) is 13.2 Å². The highest BCUT2D eigenvalue weighted by molar-refractivity contribution is 5.92. The van der Waals surface area contributed by atoms with E-state index in [1.807, 2.05) is 10.6 Å². The fourth-order valence-electron chi connectivity index (χ4n) is 4.64. The van der Waals surface area contributed by atoms with Crippen molar-refractivity contribution in [1.82, 2.24) is 14.7 Å². The summed E-state index contributed by atoms with van der Waals surface area (Å²) < 4.78 is 54.1. The Bertz CT molecular complexity index is 1620. The topological polar surface area (TPSA) is 127 Å². The molecule has 0 N–H and O–H groups in total. The molecule has 12 heteroatoms. The minimum atomic E-state index is -4.94. The van der Waals surface area contributed by atoms with Gasteiger partial charge in [0, 0.05) is 40.2 Å². The van der Waals surface area contributed by atoms with Crippen LogP contribution in [0.4, 0.5) is 13.2 Å². The molecule has 0 saturated heterocycles. The van der Waals surface area contributed by atoms with Crippen LogP contribution >= 0.6 is 0 Å². The van der Waals surface area contributed by atoms with Gasteiger partial charge in [0.25, 0.3) is 5.89 Å². The number of alkyl halides is 3. The van der Waals surface area contributed by atoms with Crippen LogP contribution in [0.2, 0.25) is 0 Å². The number of esters is 1. The first-order chi connectivity index (χ1) is 17.7. The van der Waals surface area contributed by atoms with Crippen molar-refractivity contribution in [2.24, 2.45) is 0 Å². The highest BCUT2D eigenvalue weighted by Crippen LogP contribution is 2.41. The average molecular weight is 507 g/mol. The van der Waals surface area contributed by atoms with E-state index in [1.54, 1.807) is 18.2 Å². The summed E-state index contributed by atoms with van der Waals surface area (Å²) in [7, 11) is 1.32. The number of aromatic nitrogens is 3. The predicted octanol–water partition coefficient (Wildman–Crippen LogP) is 5.05. The van der Waals surface area contributed by atoms with Gasteiger partial charge in [-0.3, -0.25) is 4.79 Å². The van der Waals surface area contributed by atoms with Crippen LogP contribution in [-0.2, 0) is 16.1 Å². The van der Waals surface area contributed by atoms with Crippen LogP contribution in [0.25, 0.3) is 33.7 Å². The number of benzene rings is 2. The zero-order valence-corrected chi connectivity index (χ0v) is 19.2. The van der Waals surface area contributed by atoms with Gasteiger partial charge >= 0.3 is 12.3 Å². The number of nitrogens with zero attached hydrogens (tertiary/aromatic N) is 5. The second-order valence-corrected chi connectivity index (χ2v) is 8.35. The third-order valence-electron chi connectivity index (χ3n) is 6.14. The van der Waals surface area contributed by atoms with Gasteiger partial charge < -0.3 is 18.6 Å². The zero-order valence-electron chi connectivity index (χ0n) is 19.2. The quantitative estimate of drug-likeness (QED) is 0.344. The lowest BCUT2D eigenvalue weighted by Crippen LogP contribution is -2.17. The lowest BCUT2D eigenvalue weighted by Gasteiger charge is -2.09. The number of hydrogen-bond donors (Lipinski definition) is 0. The molecule has 0 amide bonds. The number of ether oxygens (including phenoxy) is 2. The summed E-state index contributed by atoms with van der Waals surface area (Å²) >= 11 is 0. The van der Waals surface area contributed by atoms with Crippen molar-refractivity contribution in [2.75, 3.05) is 7.11 Å². The van der Waals surface area contributed by atoms with Crippen molar-refractivity contribution in [3.8, 4) is 40.7 Å². The van der Waals surface area contributed by atoms with E-state index < -0.39 is 12.1 Å². The lowest BCUT2D eigenvalue weighted by atomic mass is 9.96. The predicted molar refractivity (Wildman–Crippen MR) is 121 cm³/mol. The lowest BCUT2D eigenvalue weighted by molar-refractivity contribution is -0.274. The number of halogens is 3. The second-order valence-electron chi connectivity index (χ2n) is 8.35. The SMILES string of the molecule is COC(=O)CC1CCn2c1c(C#N)c1cc(-c3noc(-c4cc(C#N)cc(OC(F)(F)F)c4)n3)ccc12. The van der Waals surface area contributed by atoms with Gasteiger partial charge in [-0.1, -0.05) is 5.16 Å². The van der Waals surface area contributed by atoms with Gasteiger partial charge in [0.2, 0.25) is 5.82 Å². The van der Waals surface area contributed by atoms with E-state index >= 15 is 0 Å². The van der Waals surface area contributed by atoms with Crippen LogP contribution in [0.3, 0.4) is 0 Å². The molecule has 186 valence electrons. The Morgan fingerprint density at radius 2 is 2.00 bits per heavy atom. The highest BCUT2D eigenvalue weighted by Gasteiger charge is 2.33. The Kier molecular flexibility index (Phi) is 5.80. The van der Waals surface area contributed by atoms with Crippen molar-refractivity contribution in [3.63, 3.8) is 0 Å². The number of aryl methyl sites for hydroxylation is 1. The fraction of sp³-hybridized carbons (Fsp3) is 0.240. The third kappa shape index (κ3) is 4.45. The van der Waals surface area contributed by atoms with Crippen LogP contribution in [-0.4, -0.2) is 34.1 Å². The molecule has 0 aliphatic carbocycles. The van der Waals surface area contributed by atoms with Crippen molar-refractivity contribution in [3.05, 3.63) is 53.2 Å². The smallest absolute Gasteiger partial charge is 0.469 e. The van der Waals surface area contributed by atoms with E-state index in [-0.39, 0.29) is 41.2 Å². The maximum absolute atomic E-state index is 12.7. The Labute approximate surface area is 207 Å². The standard InChI is InChI=1S/C25H16F3N5O4/c1-35-21(34)10-14-4-5-33-20-3-2-15(9-18(20)19(12-30)22(14)33)23-31-24(37-32-23)16-6-13(11-29)7-17(8-16)36-25(26,27)28/h2-3,6-9,14H,4-5,10H2,1H3.